The van der Waals surface area contributed by atoms with Crippen molar-refractivity contribution in [1.82, 2.24) is 19.7 Å². The maximum absolute atomic E-state index is 12.7. The van der Waals surface area contributed by atoms with Gasteiger partial charge in [0.05, 0.1) is 10.0 Å². The second-order valence-corrected chi connectivity index (χ2v) is 6.36. The SMILES string of the molecule is CCC(C)N(CC(=O)O)C(=O)c1nc(C)n(-c2c(Cl)cccc2Cl)n1. The van der Waals surface area contributed by atoms with Gasteiger partial charge < -0.3 is 10.0 Å². The van der Waals surface area contributed by atoms with E-state index in [-0.39, 0.29) is 11.9 Å². The number of halogens is 2. The summed E-state index contributed by atoms with van der Waals surface area (Å²) in [7, 11) is 0. The molecule has 1 N–H and O–H groups in total. The predicted octanol–water partition coefficient (Wildman–Crippen LogP) is 3.21. The van der Waals surface area contributed by atoms with Crippen LogP contribution in [0.4, 0.5) is 0 Å². The largest absolute Gasteiger partial charge is 0.480 e. The number of carbonyl (C=O) groups is 2. The first-order chi connectivity index (χ1) is 11.8. The molecule has 1 aromatic heterocycles. The van der Waals surface area contributed by atoms with Gasteiger partial charge in [0.25, 0.3) is 5.91 Å². The number of rotatable bonds is 6. The fraction of sp³-hybridized carbons (Fsp3) is 0.375. The summed E-state index contributed by atoms with van der Waals surface area (Å²) in [4.78, 5) is 29.2. The van der Waals surface area contributed by atoms with Crippen LogP contribution >= 0.6 is 23.2 Å². The normalized spacial score (nSPS) is 12.0. The Morgan fingerprint density at radius 2 is 1.92 bits per heavy atom. The Labute approximate surface area is 155 Å². The summed E-state index contributed by atoms with van der Waals surface area (Å²) in [5.41, 5.74) is 0.420. The number of hydrogen-bond donors (Lipinski definition) is 1. The van der Waals surface area contributed by atoms with Crippen LogP contribution in [0.5, 0.6) is 0 Å². The molecule has 1 heterocycles. The Hall–Kier alpha value is -2.12. The molecule has 0 aliphatic heterocycles. The third-order valence-electron chi connectivity index (χ3n) is 3.80. The number of hydrogen-bond acceptors (Lipinski definition) is 4. The number of aliphatic carboxylic acids is 1. The molecule has 0 radical (unpaired) electrons. The van der Waals surface area contributed by atoms with Gasteiger partial charge in [0.2, 0.25) is 5.82 Å². The second kappa shape index (κ2) is 7.84. The van der Waals surface area contributed by atoms with Gasteiger partial charge in [-0.05, 0) is 32.4 Å². The third-order valence-corrected chi connectivity index (χ3v) is 4.41. The quantitative estimate of drug-likeness (QED) is 0.825. The van der Waals surface area contributed by atoms with E-state index in [1.165, 1.54) is 9.58 Å². The number of aromatic nitrogens is 3. The van der Waals surface area contributed by atoms with Crippen molar-refractivity contribution in [3.05, 3.63) is 39.9 Å². The molecule has 0 saturated carbocycles. The van der Waals surface area contributed by atoms with Gasteiger partial charge in [-0.2, -0.15) is 0 Å². The van der Waals surface area contributed by atoms with Crippen molar-refractivity contribution in [2.24, 2.45) is 0 Å². The lowest BCUT2D eigenvalue weighted by molar-refractivity contribution is -0.138. The summed E-state index contributed by atoms with van der Waals surface area (Å²) in [6, 6.07) is 4.74. The van der Waals surface area contributed by atoms with E-state index in [1.807, 2.05) is 6.92 Å². The van der Waals surface area contributed by atoms with Crippen LogP contribution in [0.3, 0.4) is 0 Å². The van der Waals surface area contributed by atoms with Crippen LogP contribution in [0, 0.1) is 6.92 Å². The Bertz CT molecular complexity index is 786. The molecule has 2 aromatic rings. The van der Waals surface area contributed by atoms with Crippen molar-refractivity contribution >= 4 is 35.1 Å². The fourth-order valence-corrected chi connectivity index (χ4v) is 2.86. The number of aryl methyl sites for hydroxylation is 1. The molecule has 0 spiro atoms. The van der Waals surface area contributed by atoms with Crippen LogP contribution in [-0.2, 0) is 4.79 Å². The monoisotopic (exact) mass is 384 g/mol. The highest BCUT2D eigenvalue weighted by atomic mass is 35.5. The molecular weight excluding hydrogens is 367 g/mol. The van der Waals surface area contributed by atoms with Crippen LogP contribution in [0.2, 0.25) is 10.0 Å². The molecule has 9 heteroatoms. The van der Waals surface area contributed by atoms with Crippen molar-refractivity contribution in [2.45, 2.75) is 33.2 Å². The Morgan fingerprint density at radius 1 is 1.32 bits per heavy atom. The molecule has 7 nitrogen and oxygen atoms in total. The van der Waals surface area contributed by atoms with E-state index < -0.39 is 18.4 Å². The smallest absolute Gasteiger partial charge is 0.323 e. The van der Waals surface area contributed by atoms with Crippen LogP contribution in [0.25, 0.3) is 5.69 Å². The number of para-hydroxylation sites is 1. The maximum Gasteiger partial charge on any atom is 0.323 e. The summed E-state index contributed by atoms with van der Waals surface area (Å²) in [5, 5.41) is 14.0. The second-order valence-electron chi connectivity index (χ2n) is 5.55. The lowest BCUT2D eigenvalue weighted by atomic mass is 10.2. The summed E-state index contributed by atoms with van der Waals surface area (Å²) < 4.78 is 1.38. The molecule has 0 saturated heterocycles. The van der Waals surface area contributed by atoms with Crippen molar-refractivity contribution in [3.63, 3.8) is 0 Å². The van der Waals surface area contributed by atoms with Crippen LogP contribution in [-0.4, -0.2) is 49.2 Å². The van der Waals surface area contributed by atoms with Crippen LogP contribution < -0.4 is 0 Å². The molecule has 0 aliphatic rings. The van der Waals surface area contributed by atoms with E-state index in [9.17, 15) is 9.59 Å². The number of carboxylic acid groups (broad SMARTS) is 1. The van der Waals surface area contributed by atoms with Gasteiger partial charge in [0, 0.05) is 6.04 Å². The van der Waals surface area contributed by atoms with E-state index in [0.717, 1.165) is 0 Å². The van der Waals surface area contributed by atoms with Gasteiger partial charge in [0.15, 0.2) is 0 Å². The van der Waals surface area contributed by atoms with Crippen molar-refractivity contribution in [3.8, 4) is 5.69 Å². The van der Waals surface area contributed by atoms with Gasteiger partial charge in [-0.1, -0.05) is 36.2 Å². The first-order valence-electron chi connectivity index (χ1n) is 7.67. The zero-order valence-electron chi connectivity index (χ0n) is 14.0. The van der Waals surface area contributed by atoms with Crippen LogP contribution in [0.15, 0.2) is 18.2 Å². The molecule has 0 bridgehead atoms. The summed E-state index contributed by atoms with van der Waals surface area (Å²) in [6.07, 6.45) is 0.606. The van der Waals surface area contributed by atoms with Crippen molar-refractivity contribution in [2.75, 3.05) is 6.54 Å². The Morgan fingerprint density at radius 3 is 2.44 bits per heavy atom. The summed E-state index contributed by atoms with van der Waals surface area (Å²) in [5.74, 6) is -1.34. The lowest BCUT2D eigenvalue weighted by Crippen LogP contribution is -2.42. The number of benzene rings is 1. The van der Waals surface area contributed by atoms with Gasteiger partial charge in [0.1, 0.15) is 18.1 Å². The number of nitrogens with zero attached hydrogens (tertiary/aromatic N) is 4. The lowest BCUT2D eigenvalue weighted by Gasteiger charge is -2.25. The standard InChI is InChI=1S/C16H18Cl2N4O3/c1-4-9(2)21(8-13(23)24)16(25)15-19-10(3)22(20-15)14-11(17)6-5-7-12(14)18/h5-7,9H,4,8H2,1-3H3,(H,23,24). The van der Waals surface area contributed by atoms with E-state index in [4.69, 9.17) is 28.3 Å². The average Bonchev–Trinajstić information content (AvgIpc) is 2.92. The molecule has 1 atom stereocenters. The average molecular weight is 385 g/mol. The predicted molar refractivity (Wildman–Crippen MR) is 94.5 cm³/mol. The molecule has 134 valence electrons. The molecule has 1 unspecified atom stereocenters. The minimum absolute atomic E-state index is 0.102. The van der Waals surface area contributed by atoms with E-state index in [1.54, 1.807) is 32.0 Å². The first-order valence-corrected chi connectivity index (χ1v) is 8.42. The van der Waals surface area contributed by atoms with E-state index in [0.29, 0.717) is 28.0 Å². The summed E-state index contributed by atoms with van der Waals surface area (Å²) >= 11 is 12.4. The number of carboxylic acids is 1. The first kappa shape index (κ1) is 19.2. The maximum atomic E-state index is 12.7. The van der Waals surface area contributed by atoms with E-state index in [2.05, 4.69) is 10.1 Å². The highest BCUT2D eigenvalue weighted by Gasteiger charge is 2.27. The zero-order chi connectivity index (χ0) is 18.7. The van der Waals surface area contributed by atoms with Gasteiger partial charge in [-0.25, -0.2) is 9.67 Å². The van der Waals surface area contributed by atoms with Gasteiger partial charge >= 0.3 is 5.97 Å². The number of carbonyl (C=O) groups excluding carboxylic acids is 1. The molecule has 1 amide bonds. The minimum Gasteiger partial charge on any atom is -0.480 e. The molecule has 25 heavy (non-hydrogen) atoms. The molecule has 2 rings (SSSR count). The van der Waals surface area contributed by atoms with Gasteiger partial charge in [-0.3, -0.25) is 9.59 Å². The van der Waals surface area contributed by atoms with Gasteiger partial charge in [-0.15, -0.1) is 5.10 Å². The fourth-order valence-electron chi connectivity index (χ4n) is 2.31. The molecule has 0 aliphatic carbocycles. The summed E-state index contributed by atoms with van der Waals surface area (Å²) in [6.45, 7) is 4.88. The Kier molecular flexibility index (Phi) is 6.02. The molecule has 0 fully saturated rings. The van der Waals surface area contributed by atoms with Crippen LogP contribution in [0.1, 0.15) is 36.7 Å². The molecular formula is C16H18Cl2N4O3. The Balaban J connectivity index is 2.44. The topological polar surface area (TPSA) is 88.3 Å². The minimum atomic E-state index is -1.10. The zero-order valence-corrected chi connectivity index (χ0v) is 15.5. The highest BCUT2D eigenvalue weighted by Crippen LogP contribution is 2.28. The van der Waals surface area contributed by atoms with E-state index >= 15 is 0 Å². The molecule has 1 aromatic carbocycles. The number of amides is 1. The highest BCUT2D eigenvalue weighted by molar-refractivity contribution is 6.37. The van der Waals surface area contributed by atoms with Crippen molar-refractivity contribution < 1.29 is 14.7 Å². The van der Waals surface area contributed by atoms with Crippen molar-refractivity contribution in [1.29, 1.82) is 0 Å². The third kappa shape index (κ3) is 4.11.